The maximum absolute atomic E-state index is 13.1. The lowest BCUT2D eigenvalue weighted by Gasteiger charge is -2.39. The lowest BCUT2D eigenvalue weighted by atomic mass is 9.77. The average molecular weight is 290 g/mol. The SMILES string of the molecule is Cc1cc(F)ccc1NC(=O)C1CCC2CCCCC2N1. The van der Waals surface area contributed by atoms with Crippen LogP contribution in [-0.4, -0.2) is 18.0 Å². The molecular weight excluding hydrogens is 267 g/mol. The van der Waals surface area contributed by atoms with Crippen molar-refractivity contribution < 1.29 is 9.18 Å². The van der Waals surface area contributed by atoms with Crippen LogP contribution in [-0.2, 0) is 4.79 Å². The van der Waals surface area contributed by atoms with E-state index in [1.165, 1.54) is 37.8 Å². The van der Waals surface area contributed by atoms with E-state index in [1.54, 1.807) is 6.07 Å². The summed E-state index contributed by atoms with van der Waals surface area (Å²) in [7, 11) is 0. The van der Waals surface area contributed by atoms with Gasteiger partial charge >= 0.3 is 0 Å². The lowest BCUT2D eigenvalue weighted by Crippen LogP contribution is -2.53. The molecule has 1 saturated carbocycles. The number of benzene rings is 1. The Morgan fingerprint density at radius 2 is 2.05 bits per heavy atom. The molecule has 3 atom stereocenters. The fourth-order valence-electron chi connectivity index (χ4n) is 3.69. The number of nitrogens with one attached hydrogen (secondary N) is 2. The van der Waals surface area contributed by atoms with Crippen LogP contribution in [0.1, 0.15) is 44.1 Å². The topological polar surface area (TPSA) is 41.1 Å². The van der Waals surface area contributed by atoms with Crippen molar-refractivity contribution in [2.24, 2.45) is 5.92 Å². The van der Waals surface area contributed by atoms with Crippen molar-refractivity contribution in [3.8, 4) is 0 Å². The highest BCUT2D eigenvalue weighted by molar-refractivity contribution is 5.95. The summed E-state index contributed by atoms with van der Waals surface area (Å²) in [6.07, 6.45) is 7.10. The molecule has 1 aliphatic carbocycles. The fourth-order valence-corrected chi connectivity index (χ4v) is 3.69. The Labute approximate surface area is 125 Å². The number of aryl methyl sites for hydroxylation is 1. The van der Waals surface area contributed by atoms with E-state index in [0.29, 0.717) is 11.7 Å². The molecule has 1 aromatic carbocycles. The van der Waals surface area contributed by atoms with Crippen LogP contribution in [0.3, 0.4) is 0 Å². The molecule has 21 heavy (non-hydrogen) atoms. The van der Waals surface area contributed by atoms with Crippen LogP contribution < -0.4 is 10.6 Å². The summed E-state index contributed by atoms with van der Waals surface area (Å²) >= 11 is 0. The molecule has 1 saturated heterocycles. The Morgan fingerprint density at radius 3 is 2.86 bits per heavy atom. The first kappa shape index (κ1) is 14.5. The highest BCUT2D eigenvalue weighted by atomic mass is 19.1. The summed E-state index contributed by atoms with van der Waals surface area (Å²) < 4.78 is 13.1. The van der Waals surface area contributed by atoms with E-state index < -0.39 is 0 Å². The largest absolute Gasteiger partial charge is 0.324 e. The monoisotopic (exact) mass is 290 g/mol. The van der Waals surface area contributed by atoms with Crippen molar-refractivity contribution in [2.75, 3.05) is 5.32 Å². The Balaban J connectivity index is 1.63. The molecule has 3 rings (SSSR count). The zero-order valence-corrected chi connectivity index (χ0v) is 12.5. The number of anilines is 1. The maximum Gasteiger partial charge on any atom is 0.241 e. The van der Waals surface area contributed by atoms with E-state index in [-0.39, 0.29) is 17.8 Å². The van der Waals surface area contributed by atoms with E-state index in [2.05, 4.69) is 10.6 Å². The standard InChI is InChI=1S/C17H23FN2O/c1-11-10-13(18)7-9-14(11)20-17(21)16-8-6-12-4-2-3-5-15(12)19-16/h7,9-10,12,15-16,19H,2-6,8H2,1H3,(H,20,21). The number of carbonyl (C=O) groups excluding carboxylic acids is 1. The van der Waals surface area contributed by atoms with E-state index in [9.17, 15) is 9.18 Å². The second kappa shape index (κ2) is 6.14. The average Bonchev–Trinajstić information content (AvgIpc) is 2.49. The van der Waals surface area contributed by atoms with Crippen LogP contribution in [0.15, 0.2) is 18.2 Å². The number of hydrogen-bond donors (Lipinski definition) is 2. The van der Waals surface area contributed by atoms with Gasteiger partial charge in [0, 0.05) is 11.7 Å². The predicted octanol–water partition coefficient (Wildman–Crippen LogP) is 3.38. The molecule has 2 fully saturated rings. The van der Waals surface area contributed by atoms with Gasteiger partial charge in [-0.05, 0) is 62.3 Å². The Kier molecular flexibility index (Phi) is 4.24. The molecule has 0 spiro atoms. The normalized spacial score (nSPS) is 28.8. The number of piperidine rings is 1. The summed E-state index contributed by atoms with van der Waals surface area (Å²) in [5.74, 6) is 0.482. The third-order valence-corrected chi connectivity index (χ3v) is 4.91. The molecule has 1 aliphatic heterocycles. The first-order chi connectivity index (χ1) is 10.1. The Hall–Kier alpha value is -1.42. The Morgan fingerprint density at radius 1 is 1.24 bits per heavy atom. The molecular formula is C17H23FN2O. The van der Waals surface area contributed by atoms with E-state index >= 15 is 0 Å². The van der Waals surface area contributed by atoms with Gasteiger partial charge in [0.1, 0.15) is 5.82 Å². The molecule has 2 N–H and O–H groups in total. The zero-order valence-electron chi connectivity index (χ0n) is 12.5. The number of carbonyl (C=O) groups is 1. The predicted molar refractivity (Wildman–Crippen MR) is 81.7 cm³/mol. The van der Waals surface area contributed by atoms with Crippen molar-refractivity contribution in [3.05, 3.63) is 29.6 Å². The van der Waals surface area contributed by atoms with Crippen molar-refractivity contribution in [2.45, 2.75) is 57.5 Å². The minimum atomic E-state index is -0.272. The molecule has 114 valence electrons. The summed E-state index contributed by atoms with van der Waals surface area (Å²) in [5, 5.41) is 6.45. The van der Waals surface area contributed by atoms with Crippen LogP contribution >= 0.6 is 0 Å². The van der Waals surface area contributed by atoms with Gasteiger partial charge in [-0.25, -0.2) is 4.39 Å². The third-order valence-electron chi connectivity index (χ3n) is 4.91. The van der Waals surface area contributed by atoms with Gasteiger partial charge < -0.3 is 10.6 Å². The van der Waals surface area contributed by atoms with E-state index in [4.69, 9.17) is 0 Å². The molecule has 0 bridgehead atoms. The molecule has 0 radical (unpaired) electrons. The lowest BCUT2D eigenvalue weighted by molar-refractivity contribution is -0.119. The molecule has 4 heteroatoms. The van der Waals surface area contributed by atoms with Crippen molar-refractivity contribution in [1.29, 1.82) is 0 Å². The number of hydrogen-bond acceptors (Lipinski definition) is 2. The van der Waals surface area contributed by atoms with E-state index in [0.717, 1.165) is 24.3 Å². The second-order valence-electron chi connectivity index (χ2n) is 6.40. The zero-order chi connectivity index (χ0) is 14.8. The second-order valence-corrected chi connectivity index (χ2v) is 6.40. The molecule has 3 nitrogen and oxygen atoms in total. The summed E-state index contributed by atoms with van der Waals surface area (Å²) in [6, 6.07) is 4.84. The number of amides is 1. The highest BCUT2D eigenvalue weighted by Gasteiger charge is 2.34. The minimum Gasteiger partial charge on any atom is -0.324 e. The van der Waals surface area contributed by atoms with Gasteiger partial charge in [0.25, 0.3) is 0 Å². The maximum atomic E-state index is 13.1. The van der Waals surface area contributed by atoms with Crippen LogP contribution in [0.25, 0.3) is 0 Å². The molecule has 1 heterocycles. The fraction of sp³-hybridized carbons (Fsp3) is 0.588. The van der Waals surface area contributed by atoms with Crippen molar-refractivity contribution in [3.63, 3.8) is 0 Å². The van der Waals surface area contributed by atoms with Gasteiger partial charge in [-0.2, -0.15) is 0 Å². The smallest absolute Gasteiger partial charge is 0.241 e. The van der Waals surface area contributed by atoms with Gasteiger partial charge in [0.15, 0.2) is 0 Å². The molecule has 3 unspecified atom stereocenters. The molecule has 2 aliphatic rings. The molecule has 1 amide bonds. The van der Waals surface area contributed by atoms with Gasteiger partial charge in [-0.1, -0.05) is 12.8 Å². The van der Waals surface area contributed by atoms with Crippen LogP contribution in [0.4, 0.5) is 10.1 Å². The van der Waals surface area contributed by atoms with Crippen molar-refractivity contribution >= 4 is 11.6 Å². The Bertz CT molecular complexity index is 532. The summed E-state index contributed by atoms with van der Waals surface area (Å²) in [6.45, 7) is 1.81. The highest BCUT2D eigenvalue weighted by Crippen LogP contribution is 2.32. The third kappa shape index (κ3) is 3.26. The molecule has 0 aromatic heterocycles. The van der Waals surface area contributed by atoms with E-state index in [1.807, 2.05) is 6.92 Å². The van der Waals surface area contributed by atoms with Crippen LogP contribution in [0.2, 0.25) is 0 Å². The number of rotatable bonds is 2. The van der Waals surface area contributed by atoms with Gasteiger partial charge in [0.05, 0.1) is 6.04 Å². The minimum absolute atomic E-state index is 0.00808. The molecule has 1 aromatic rings. The first-order valence-corrected chi connectivity index (χ1v) is 7.96. The van der Waals surface area contributed by atoms with Crippen molar-refractivity contribution in [1.82, 2.24) is 5.32 Å². The van der Waals surface area contributed by atoms with Gasteiger partial charge in [0.2, 0.25) is 5.91 Å². The summed E-state index contributed by atoms with van der Waals surface area (Å²) in [5.41, 5.74) is 1.46. The number of halogens is 1. The number of fused-ring (bicyclic) bond motifs is 1. The quantitative estimate of drug-likeness (QED) is 0.876. The summed E-state index contributed by atoms with van der Waals surface area (Å²) in [4.78, 5) is 12.4. The van der Waals surface area contributed by atoms with Gasteiger partial charge in [-0.15, -0.1) is 0 Å². The van der Waals surface area contributed by atoms with Crippen LogP contribution in [0, 0.1) is 18.7 Å². The van der Waals surface area contributed by atoms with Gasteiger partial charge in [-0.3, -0.25) is 4.79 Å². The first-order valence-electron chi connectivity index (χ1n) is 7.96. The van der Waals surface area contributed by atoms with Crippen LogP contribution in [0.5, 0.6) is 0 Å².